The summed E-state index contributed by atoms with van der Waals surface area (Å²) in [6, 6.07) is 10.5. The van der Waals surface area contributed by atoms with E-state index >= 15 is 0 Å². The van der Waals surface area contributed by atoms with E-state index in [1.165, 1.54) is 5.56 Å². The van der Waals surface area contributed by atoms with Gasteiger partial charge in [0.2, 0.25) is 0 Å². The minimum atomic E-state index is -0.154. The molecule has 19 heavy (non-hydrogen) atoms. The van der Waals surface area contributed by atoms with Crippen molar-refractivity contribution in [3.8, 4) is 0 Å². The van der Waals surface area contributed by atoms with Crippen LogP contribution in [0.25, 0.3) is 0 Å². The highest BCUT2D eigenvalue weighted by Crippen LogP contribution is 2.34. The second kappa shape index (κ2) is 6.20. The maximum Gasteiger partial charge on any atom is 0.107 e. The summed E-state index contributed by atoms with van der Waals surface area (Å²) in [5.74, 6) is 0.756. The molecule has 0 atom stereocenters. The largest absolute Gasteiger partial charge is 0.378 e. The van der Waals surface area contributed by atoms with E-state index in [2.05, 4.69) is 43.0 Å². The molecule has 0 aliphatic carbocycles. The van der Waals surface area contributed by atoms with Gasteiger partial charge in [-0.25, -0.2) is 0 Å². The Morgan fingerprint density at radius 2 is 1.74 bits per heavy atom. The minimum absolute atomic E-state index is 0.154. The zero-order valence-electron chi connectivity index (χ0n) is 12.0. The molecule has 1 heterocycles. The van der Waals surface area contributed by atoms with Crippen LogP contribution in [0.15, 0.2) is 30.3 Å². The molecule has 0 spiro atoms. The highest BCUT2D eigenvalue weighted by atomic mass is 16.5. The zero-order valence-corrected chi connectivity index (χ0v) is 12.0. The van der Waals surface area contributed by atoms with Crippen LogP contribution in [0.1, 0.15) is 32.3 Å². The summed E-state index contributed by atoms with van der Waals surface area (Å²) in [4.78, 5) is 2.18. The van der Waals surface area contributed by atoms with Crippen LogP contribution in [0.2, 0.25) is 0 Å². The topological polar surface area (TPSA) is 36.3 Å². The van der Waals surface area contributed by atoms with E-state index in [0.29, 0.717) is 0 Å². The summed E-state index contributed by atoms with van der Waals surface area (Å²) in [5.41, 5.74) is 1.11. The quantitative estimate of drug-likeness (QED) is 0.667. The Morgan fingerprint density at radius 1 is 1.16 bits per heavy atom. The molecule has 0 bridgehead atoms. The van der Waals surface area contributed by atoms with Crippen molar-refractivity contribution in [2.45, 2.75) is 32.1 Å². The highest BCUT2D eigenvalue weighted by Gasteiger charge is 2.36. The maximum atomic E-state index is 8.70. The third kappa shape index (κ3) is 2.66. The lowest BCUT2D eigenvalue weighted by Gasteiger charge is -2.40. The molecule has 1 fully saturated rings. The summed E-state index contributed by atoms with van der Waals surface area (Å²) >= 11 is 0. The van der Waals surface area contributed by atoms with E-state index in [1.807, 2.05) is 6.07 Å². The van der Waals surface area contributed by atoms with Crippen LogP contribution in [-0.2, 0) is 10.2 Å². The van der Waals surface area contributed by atoms with Crippen molar-refractivity contribution < 1.29 is 4.74 Å². The lowest BCUT2D eigenvalue weighted by Crippen LogP contribution is -2.50. The minimum Gasteiger partial charge on any atom is -0.378 e. The second-order valence-electron chi connectivity index (χ2n) is 5.10. The zero-order chi connectivity index (χ0) is 13.7. The predicted molar refractivity (Wildman–Crippen MR) is 78.8 cm³/mol. The van der Waals surface area contributed by atoms with Crippen molar-refractivity contribution in [1.29, 1.82) is 5.41 Å². The molecule has 1 aliphatic heterocycles. The van der Waals surface area contributed by atoms with Crippen LogP contribution >= 0.6 is 0 Å². The van der Waals surface area contributed by atoms with Crippen molar-refractivity contribution >= 4 is 5.84 Å². The summed E-state index contributed by atoms with van der Waals surface area (Å²) < 4.78 is 5.40. The third-order valence-electron chi connectivity index (χ3n) is 4.31. The number of benzene rings is 1. The fourth-order valence-electron chi connectivity index (χ4n) is 2.98. The third-order valence-corrected chi connectivity index (χ3v) is 4.31. The first-order valence-corrected chi connectivity index (χ1v) is 7.22. The Morgan fingerprint density at radius 3 is 2.26 bits per heavy atom. The lowest BCUT2D eigenvalue weighted by atomic mass is 9.74. The van der Waals surface area contributed by atoms with Crippen LogP contribution < -0.4 is 0 Å². The summed E-state index contributed by atoms with van der Waals surface area (Å²) in [7, 11) is 0. The molecule has 1 aliphatic rings. The first-order valence-electron chi connectivity index (χ1n) is 7.22. The number of amidine groups is 1. The number of hydrogen-bond acceptors (Lipinski definition) is 2. The average molecular weight is 260 g/mol. The average Bonchev–Trinajstić information content (AvgIpc) is 2.51. The molecule has 1 saturated heterocycles. The van der Waals surface area contributed by atoms with E-state index < -0.39 is 0 Å². The molecule has 0 aromatic heterocycles. The molecular formula is C16H24N2O. The van der Waals surface area contributed by atoms with E-state index in [1.54, 1.807) is 0 Å². The molecule has 2 rings (SSSR count). The first kappa shape index (κ1) is 14.1. The maximum absolute atomic E-state index is 8.70. The number of morpholine rings is 1. The number of nitrogens with zero attached hydrogens (tertiary/aromatic N) is 1. The standard InChI is InChI=1S/C16H24N2O/c1-3-16(4-2,14-8-6-5-7-9-14)15(17)18-10-12-19-13-11-18/h5-9,17H,3-4,10-13H2,1-2H3. The van der Waals surface area contributed by atoms with Crippen LogP contribution in [0, 0.1) is 5.41 Å². The Kier molecular flexibility index (Phi) is 4.59. The molecule has 3 heteroatoms. The second-order valence-corrected chi connectivity index (χ2v) is 5.10. The molecule has 104 valence electrons. The summed E-state index contributed by atoms with van der Waals surface area (Å²) in [5, 5.41) is 8.70. The van der Waals surface area contributed by atoms with Gasteiger partial charge in [0, 0.05) is 13.1 Å². The van der Waals surface area contributed by atoms with Crippen LogP contribution in [-0.4, -0.2) is 37.0 Å². The Bertz CT molecular complexity index is 406. The van der Waals surface area contributed by atoms with Crippen LogP contribution in [0.4, 0.5) is 0 Å². The molecule has 3 nitrogen and oxygen atoms in total. The fourth-order valence-corrected chi connectivity index (χ4v) is 2.98. The van der Waals surface area contributed by atoms with Gasteiger partial charge in [-0.3, -0.25) is 5.41 Å². The van der Waals surface area contributed by atoms with E-state index in [4.69, 9.17) is 10.1 Å². The Labute approximate surface area is 116 Å². The van der Waals surface area contributed by atoms with Gasteiger partial charge >= 0.3 is 0 Å². The summed E-state index contributed by atoms with van der Waals surface area (Å²) in [6.45, 7) is 7.53. The van der Waals surface area contributed by atoms with Gasteiger partial charge in [-0.1, -0.05) is 44.2 Å². The van der Waals surface area contributed by atoms with Gasteiger partial charge in [-0.2, -0.15) is 0 Å². The molecule has 0 unspecified atom stereocenters. The number of nitrogens with one attached hydrogen (secondary N) is 1. The molecule has 1 aromatic carbocycles. The molecular weight excluding hydrogens is 236 g/mol. The van der Waals surface area contributed by atoms with Crippen molar-refractivity contribution in [3.63, 3.8) is 0 Å². The van der Waals surface area contributed by atoms with Gasteiger partial charge in [0.25, 0.3) is 0 Å². The van der Waals surface area contributed by atoms with Gasteiger partial charge in [0.15, 0.2) is 0 Å². The van der Waals surface area contributed by atoms with Crippen molar-refractivity contribution in [2.24, 2.45) is 0 Å². The Balaban J connectivity index is 2.30. The van der Waals surface area contributed by atoms with Gasteiger partial charge < -0.3 is 9.64 Å². The molecule has 0 amide bonds. The normalized spacial score (nSPS) is 16.4. The highest BCUT2D eigenvalue weighted by molar-refractivity contribution is 5.90. The monoisotopic (exact) mass is 260 g/mol. The number of hydrogen-bond donors (Lipinski definition) is 1. The van der Waals surface area contributed by atoms with Gasteiger partial charge in [0.1, 0.15) is 5.84 Å². The van der Waals surface area contributed by atoms with Gasteiger partial charge in [0.05, 0.1) is 18.6 Å². The molecule has 1 N–H and O–H groups in total. The van der Waals surface area contributed by atoms with Crippen LogP contribution in [0.5, 0.6) is 0 Å². The lowest BCUT2D eigenvalue weighted by molar-refractivity contribution is 0.0645. The summed E-state index contributed by atoms with van der Waals surface area (Å²) in [6.07, 6.45) is 1.92. The van der Waals surface area contributed by atoms with Crippen molar-refractivity contribution in [1.82, 2.24) is 4.90 Å². The molecule has 0 saturated carbocycles. The number of rotatable bonds is 4. The van der Waals surface area contributed by atoms with Gasteiger partial charge in [-0.05, 0) is 18.4 Å². The van der Waals surface area contributed by atoms with Crippen LogP contribution in [0.3, 0.4) is 0 Å². The van der Waals surface area contributed by atoms with Crippen molar-refractivity contribution in [3.05, 3.63) is 35.9 Å². The molecule has 1 aromatic rings. The van der Waals surface area contributed by atoms with Crippen molar-refractivity contribution in [2.75, 3.05) is 26.3 Å². The smallest absolute Gasteiger partial charge is 0.107 e. The number of ether oxygens (including phenoxy) is 1. The van der Waals surface area contributed by atoms with E-state index in [0.717, 1.165) is 45.0 Å². The first-order chi connectivity index (χ1) is 9.24. The SMILES string of the molecule is CCC(CC)(C(=N)N1CCOCC1)c1ccccc1. The van der Waals surface area contributed by atoms with E-state index in [-0.39, 0.29) is 5.41 Å². The fraction of sp³-hybridized carbons (Fsp3) is 0.562. The van der Waals surface area contributed by atoms with E-state index in [9.17, 15) is 0 Å². The van der Waals surface area contributed by atoms with Gasteiger partial charge in [-0.15, -0.1) is 0 Å². The Hall–Kier alpha value is -1.35. The molecule has 0 radical (unpaired) electrons. The predicted octanol–water partition coefficient (Wildman–Crippen LogP) is 3.05.